The van der Waals surface area contributed by atoms with Crippen LogP contribution >= 0.6 is 0 Å². The zero-order valence-electron chi connectivity index (χ0n) is 29.3. The van der Waals surface area contributed by atoms with Gasteiger partial charge < -0.3 is 40.4 Å². The molecule has 1 aliphatic rings. The number of carbonyl (C=O) groups excluding carboxylic acids is 1. The highest BCUT2D eigenvalue weighted by Gasteiger charge is 2.25. The van der Waals surface area contributed by atoms with Crippen LogP contribution in [0.15, 0.2) is 65.6 Å². The van der Waals surface area contributed by atoms with Gasteiger partial charge in [-0.2, -0.15) is 0 Å². The maximum absolute atomic E-state index is 14.1. The van der Waals surface area contributed by atoms with E-state index in [0.29, 0.717) is 23.9 Å². The minimum absolute atomic E-state index is 0. The molecule has 51 heavy (non-hydrogen) atoms. The number of anilines is 1. The van der Waals surface area contributed by atoms with Crippen molar-refractivity contribution in [3.63, 3.8) is 0 Å². The van der Waals surface area contributed by atoms with E-state index in [0.717, 1.165) is 36.3 Å². The van der Waals surface area contributed by atoms with E-state index in [2.05, 4.69) is 7.05 Å². The van der Waals surface area contributed by atoms with Gasteiger partial charge in [0.25, 0.3) is 11.6 Å². The quantitative estimate of drug-likeness (QED) is 0.0744. The summed E-state index contributed by atoms with van der Waals surface area (Å²) in [5.74, 6) is -1.85. The van der Waals surface area contributed by atoms with Gasteiger partial charge in [-0.3, -0.25) is 19.7 Å². The summed E-state index contributed by atoms with van der Waals surface area (Å²) >= 11 is 0. The number of quaternary nitrogens is 1. The Labute approximate surface area is 307 Å². The largest absolute Gasteiger partial charge is 1.00 e. The molecule has 4 aromatic rings. The predicted molar refractivity (Wildman–Crippen MR) is 190 cm³/mol. The number of halogens is 3. The predicted octanol–water partition coefficient (Wildman–Crippen LogP) is 4.82. The lowest BCUT2D eigenvalue weighted by Gasteiger charge is -2.37. The number of piperidine rings is 1. The summed E-state index contributed by atoms with van der Waals surface area (Å²) in [5, 5.41) is 12.0. The molecule has 0 aliphatic carbocycles. The maximum Gasteiger partial charge on any atom is 0.275 e. The lowest BCUT2D eigenvalue weighted by molar-refractivity contribution is -0.914. The second kappa shape index (κ2) is 17.7. The van der Waals surface area contributed by atoms with Crippen LogP contribution in [0.5, 0.6) is 11.5 Å². The Bertz CT molecular complexity index is 1890. The number of fused-ring (bicyclic) bond motifs is 1. The van der Waals surface area contributed by atoms with Crippen molar-refractivity contribution in [2.75, 3.05) is 51.8 Å². The fraction of sp³-hybridized carbons (Fsp3) is 0.421. The number of pyridine rings is 1. The minimum atomic E-state index is -0.873. The van der Waals surface area contributed by atoms with E-state index in [1.807, 2.05) is 0 Å². The van der Waals surface area contributed by atoms with Crippen molar-refractivity contribution in [2.45, 2.75) is 58.3 Å². The molecule has 1 saturated heterocycles. The molecular weight excluding hydrogens is 726 g/mol. The molecule has 0 N–H and O–H groups in total. The summed E-state index contributed by atoms with van der Waals surface area (Å²) in [5.41, 5.74) is -0.613. The third-order valence-electron chi connectivity index (χ3n) is 9.53. The van der Waals surface area contributed by atoms with Crippen LogP contribution in [0.4, 0.5) is 20.2 Å². The molecule has 0 saturated carbocycles. The van der Waals surface area contributed by atoms with Crippen LogP contribution in [0, 0.1) is 21.7 Å². The van der Waals surface area contributed by atoms with Gasteiger partial charge in [0, 0.05) is 48.1 Å². The highest BCUT2D eigenvalue weighted by molar-refractivity contribution is 6.07. The highest BCUT2D eigenvalue weighted by Crippen LogP contribution is 2.30. The first-order chi connectivity index (χ1) is 24.0. The molecule has 1 aromatic heterocycles. The summed E-state index contributed by atoms with van der Waals surface area (Å²) in [6, 6.07) is 11.7. The van der Waals surface area contributed by atoms with E-state index in [4.69, 9.17) is 9.47 Å². The Kier molecular flexibility index (Phi) is 13.7. The Morgan fingerprint density at radius 2 is 1.63 bits per heavy atom. The molecule has 0 atom stereocenters. The van der Waals surface area contributed by atoms with Crippen molar-refractivity contribution in [3.8, 4) is 17.2 Å². The molecule has 0 bridgehead atoms. The molecule has 1 aliphatic heterocycles. The first kappa shape index (κ1) is 39.4. The molecule has 0 radical (unpaired) electrons. The summed E-state index contributed by atoms with van der Waals surface area (Å²) in [7, 11) is 3.75. The van der Waals surface area contributed by atoms with Gasteiger partial charge in [-0.25, -0.2) is 8.78 Å². The monoisotopic (exact) mass is 770 g/mol. The summed E-state index contributed by atoms with van der Waals surface area (Å²) < 4.78 is 42.3. The van der Waals surface area contributed by atoms with E-state index in [9.17, 15) is 28.5 Å². The second-order valence-corrected chi connectivity index (χ2v) is 13.2. The third kappa shape index (κ3) is 9.70. The number of nitro groups is 1. The summed E-state index contributed by atoms with van der Waals surface area (Å²) in [4.78, 5) is 40.1. The number of aromatic nitrogens is 1. The fourth-order valence-corrected chi connectivity index (χ4v) is 6.79. The SMILES string of the molecule is CCN(C(=O)c1cn(-c2cc(OC)cc([N+](=O)[O-])c2)c2cc(OCCCCCCC[N+]3(C)CCCCC3)ccc2c1=O)c1cc(F)cc(F)c1.[Br-]. The lowest BCUT2D eigenvalue weighted by atomic mass is 10.1. The zero-order valence-corrected chi connectivity index (χ0v) is 30.9. The van der Waals surface area contributed by atoms with Crippen LogP contribution in [0.2, 0.25) is 0 Å². The first-order valence-corrected chi connectivity index (χ1v) is 17.3. The summed E-state index contributed by atoms with van der Waals surface area (Å²) in [6.07, 6.45) is 10.7. The van der Waals surface area contributed by atoms with Crippen molar-refractivity contribution in [3.05, 3.63) is 98.3 Å². The van der Waals surface area contributed by atoms with Crippen molar-refractivity contribution >= 4 is 28.2 Å². The number of methoxy groups -OCH3 is 1. The lowest BCUT2D eigenvalue weighted by Crippen LogP contribution is -3.00. The third-order valence-corrected chi connectivity index (χ3v) is 9.53. The van der Waals surface area contributed by atoms with Crippen molar-refractivity contribution in [1.29, 1.82) is 0 Å². The van der Waals surface area contributed by atoms with Crippen LogP contribution in [-0.4, -0.2) is 66.8 Å². The Balaban J connectivity index is 0.00000583. The van der Waals surface area contributed by atoms with Gasteiger partial charge >= 0.3 is 0 Å². The number of nitrogens with zero attached hydrogens (tertiary/aromatic N) is 4. The second-order valence-electron chi connectivity index (χ2n) is 13.2. The average molecular weight is 772 g/mol. The number of non-ortho nitro benzene ring substituents is 1. The molecule has 0 unspecified atom stereocenters. The van der Waals surface area contributed by atoms with E-state index in [1.54, 1.807) is 31.2 Å². The number of rotatable bonds is 15. The fourth-order valence-electron chi connectivity index (χ4n) is 6.79. The number of hydrogen-bond acceptors (Lipinski definition) is 6. The van der Waals surface area contributed by atoms with Gasteiger partial charge in [0.05, 0.1) is 62.6 Å². The minimum Gasteiger partial charge on any atom is -1.00 e. The Morgan fingerprint density at radius 3 is 2.29 bits per heavy atom. The average Bonchev–Trinajstić information content (AvgIpc) is 3.09. The number of hydrogen-bond donors (Lipinski definition) is 0. The molecule has 1 amide bonds. The number of ether oxygens (including phenoxy) is 2. The standard InChI is InChI=1S/C38H45F2N4O6.BrH/c1-4-41(29-20-27(39)19-28(40)21-29)38(46)35-26-42(30-22-31(43(47)48)24-33(23-30)49-3)36-25-32(13-14-34(36)37(35)45)50-18-12-7-5-6-9-15-44(2)16-10-8-11-17-44;/h13-14,19-26H,4-12,15-18H2,1-3H3;1H/q+1;/p-1. The van der Waals surface area contributed by atoms with Gasteiger partial charge in [-0.05, 0) is 69.7 Å². The summed E-state index contributed by atoms with van der Waals surface area (Å²) in [6.45, 7) is 5.90. The number of benzene rings is 3. The molecule has 0 spiro atoms. The Morgan fingerprint density at radius 1 is 0.941 bits per heavy atom. The van der Waals surface area contributed by atoms with Gasteiger partial charge in [-0.1, -0.05) is 12.8 Å². The normalized spacial score (nSPS) is 13.7. The molecule has 2 heterocycles. The van der Waals surface area contributed by atoms with Gasteiger partial charge in [0.15, 0.2) is 0 Å². The molecule has 274 valence electrons. The van der Waals surface area contributed by atoms with Crippen molar-refractivity contribution in [2.24, 2.45) is 0 Å². The van der Waals surface area contributed by atoms with Crippen LogP contribution in [0.1, 0.15) is 68.6 Å². The van der Waals surface area contributed by atoms with Crippen LogP contribution in [0.3, 0.4) is 0 Å². The molecule has 5 rings (SSSR count). The number of nitro benzene ring substituents is 1. The van der Waals surface area contributed by atoms with Crippen LogP contribution < -0.4 is 36.8 Å². The van der Waals surface area contributed by atoms with E-state index in [-0.39, 0.29) is 57.3 Å². The van der Waals surface area contributed by atoms with E-state index >= 15 is 0 Å². The smallest absolute Gasteiger partial charge is 0.275 e. The van der Waals surface area contributed by atoms with Gasteiger partial charge in [-0.15, -0.1) is 0 Å². The maximum atomic E-state index is 14.1. The van der Waals surface area contributed by atoms with Gasteiger partial charge in [0.2, 0.25) is 5.43 Å². The number of likely N-dealkylation sites (tertiary alicyclic amines) is 1. The molecule has 13 heteroatoms. The van der Waals surface area contributed by atoms with Crippen molar-refractivity contribution in [1.82, 2.24) is 4.57 Å². The number of carbonyl (C=O) groups is 1. The number of amides is 1. The number of unbranched alkanes of at least 4 members (excludes halogenated alkanes) is 4. The van der Waals surface area contributed by atoms with E-state index in [1.165, 1.54) is 86.2 Å². The van der Waals surface area contributed by atoms with Crippen LogP contribution in [-0.2, 0) is 0 Å². The zero-order chi connectivity index (χ0) is 35.8. The highest BCUT2D eigenvalue weighted by atomic mass is 79.9. The Hall–Kier alpha value is -4.36. The van der Waals surface area contributed by atoms with Gasteiger partial charge in [0.1, 0.15) is 28.7 Å². The molecule has 1 fully saturated rings. The van der Waals surface area contributed by atoms with Crippen LogP contribution in [0.25, 0.3) is 16.6 Å². The molecule has 3 aromatic carbocycles. The van der Waals surface area contributed by atoms with E-state index < -0.39 is 27.9 Å². The van der Waals surface area contributed by atoms with Crippen molar-refractivity contribution < 1.29 is 49.4 Å². The first-order valence-electron chi connectivity index (χ1n) is 17.3. The topological polar surface area (TPSA) is 104 Å². The molecule has 10 nitrogen and oxygen atoms in total. The molecular formula is C38H45BrF2N4O6.